The van der Waals surface area contributed by atoms with Crippen molar-refractivity contribution in [1.82, 2.24) is 4.90 Å². The van der Waals surface area contributed by atoms with Crippen LogP contribution >= 0.6 is 0 Å². The average molecular weight is 276 g/mol. The van der Waals surface area contributed by atoms with Gasteiger partial charge in [0.05, 0.1) is 0 Å². The summed E-state index contributed by atoms with van der Waals surface area (Å²) in [5.41, 5.74) is 8.50. The fourth-order valence-electron chi connectivity index (χ4n) is 3.01. The number of likely N-dealkylation sites (tertiary alicyclic amines) is 1. The average Bonchev–Trinajstić information content (AvgIpc) is 2.38. The number of benzene rings is 1. The molecule has 0 aliphatic carbocycles. The van der Waals surface area contributed by atoms with Gasteiger partial charge in [0.2, 0.25) is 0 Å². The summed E-state index contributed by atoms with van der Waals surface area (Å²) in [5.74, 6) is 1.69. The van der Waals surface area contributed by atoms with Crippen molar-refractivity contribution in [3.8, 4) is 5.75 Å². The van der Waals surface area contributed by atoms with Crippen molar-refractivity contribution >= 4 is 0 Å². The van der Waals surface area contributed by atoms with Gasteiger partial charge >= 0.3 is 0 Å². The van der Waals surface area contributed by atoms with E-state index in [0.29, 0.717) is 12.0 Å². The Bertz CT molecular complexity index is 403. The van der Waals surface area contributed by atoms with E-state index in [1.54, 1.807) is 0 Å². The van der Waals surface area contributed by atoms with Crippen molar-refractivity contribution in [1.29, 1.82) is 0 Å². The molecule has 0 amide bonds. The predicted octanol–water partition coefficient (Wildman–Crippen LogP) is 2.74. The van der Waals surface area contributed by atoms with Gasteiger partial charge in [0.25, 0.3) is 0 Å². The van der Waals surface area contributed by atoms with E-state index in [4.69, 9.17) is 10.5 Å². The molecule has 3 nitrogen and oxygen atoms in total. The molecule has 3 heteroatoms. The number of piperidine rings is 1. The molecule has 1 fully saturated rings. The summed E-state index contributed by atoms with van der Waals surface area (Å²) in [5, 5.41) is 0. The van der Waals surface area contributed by atoms with Gasteiger partial charge in [-0.25, -0.2) is 0 Å². The fourth-order valence-corrected chi connectivity index (χ4v) is 3.01. The molecule has 112 valence electrons. The van der Waals surface area contributed by atoms with Gasteiger partial charge in [0.1, 0.15) is 12.4 Å². The Hall–Kier alpha value is -1.06. The van der Waals surface area contributed by atoms with Gasteiger partial charge in [0.15, 0.2) is 0 Å². The molecular weight excluding hydrogens is 248 g/mol. The van der Waals surface area contributed by atoms with Gasteiger partial charge in [-0.05, 0) is 75.9 Å². The molecule has 0 saturated carbocycles. The second-order valence-corrected chi connectivity index (χ2v) is 6.21. The van der Waals surface area contributed by atoms with Crippen LogP contribution in [0.2, 0.25) is 0 Å². The molecular formula is C17H28N2O. The highest BCUT2D eigenvalue weighted by Crippen LogP contribution is 2.20. The van der Waals surface area contributed by atoms with Crippen LogP contribution in [-0.2, 0) is 0 Å². The standard InChI is InChI=1S/C17H28N2O/c1-13-10-14(2)12-17(11-13)20-9-8-19-6-4-16(5-7-19)15(3)18/h10-12,15-16H,4-9,18H2,1-3H3. The zero-order valence-corrected chi connectivity index (χ0v) is 13.1. The minimum absolute atomic E-state index is 0.337. The van der Waals surface area contributed by atoms with E-state index in [1.807, 2.05) is 0 Å². The molecule has 2 rings (SSSR count). The topological polar surface area (TPSA) is 38.5 Å². The number of hydrogen-bond acceptors (Lipinski definition) is 3. The van der Waals surface area contributed by atoms with E-state index < -0.39 is 0 Å². The number of nitrogens with zero attached hydrogens (tertiary/aromatic N) is 1. The van der Waals surface area contributed by atoms with Crippen molar-refractivity contribution in [2.75, 3.05) is 26.2 Å². The van der Waals surface area contributed by atoms with Crippen LogP contribution in [0.25, 0.3) is 0 Å². The first-order chi connectivity index (χ1) is 9.54. The molecule has 1 aromatic carbocycles. The van der Waals surface area contributed by atoms with Gasteiger partial charge < -0.3 is 10.5 Å². The highest BCUT2D eigenvalue weighted by atomic mass is 16.5. The van der Waals surface area contributed by atoms with Crippen molar-refractivity contribution in [3.05, 3.63) is 29.3 Å². The van der Waals surface area contributed by atoms with Crippen LogP contribution in [0.5, 0.6) is 5.75 Å². The largest absolute Gasteiger partial charge is 0.492 e. The SMILES string of the molecule is Cc1cc(C)cc(OCCN2CCC(C(C)N)CC2)c1. The molecule has 1 unspecified atom stereocenters. The van der Waals surface area contributed by atoms with Gasteiger partial charge in [-0.1, -0.05) is 6.07 Å². The van der Waals surface area contributed by atoms with Gasteiger partial charge in [-0.15, -0.1) is 0 Å². The Morgan fingerprint density at radius 3 is 2.35 bits per heavy atom. The van der Waals surface area contributed by atoms with Crippen LogP contribution in [0.15, 0.2) is 18.2 Å². The Balaban J connectivity index is 1.71. The van der Waals surface area contributed by atoms with Crippen LogP contribution in [-0.4, -0.2) is 37.2 Å². The number of aryl methyl sites for hydroxylation is 2. The quantitative estimate of drug-likeness (QED) is 0.898. The third-order valence-corrected chi connectivity index (χ3v) is 4.25. The van der Waals surface area contributed by atoms with Crippen LogP contribution in [0.1, 0.15) is 30.9 Å². The first-order valence-corrected chi connectivity index (χ1v) is 7.73. The lowest BCUT2D eigenvalue weighted by Crippen LogP contribution is -2.41. The molecule has 0 radical (unpaired) electrons. The van der Waals surface area contributed by atoms with Crippen molar-refractivity contribution in [2.24, 2.45) is 11.7 Å². The summed E-state index contributed by atoms with van der Waals surface area (Å²) in [6.45, 7) is 10.4. The van der Waals surface area contributed by atoms with Crippen molar-refractivity contribution in [2.45, 2.75) is 39.7 Å². The zero-order chi connectivity index (χ0) is 14.5. The maximum Gasteiger partial charge on any atom is 0.119 e. The van der Waals surface area contributed by atoms with E-state index in [1.165, 1.54) is 24.0 Å². The van der Waals surface area contributed by atoms with Crippen LogP contribution in [0.3, 0.4) is 0 Å². The molecule has 2 N–H and O–H groups in total. The number of hydrogen-bond donors (Lipinski definition) is 1. The lowest BCUT2D eigenvalue weighted by molar-refractivity contribution is 0.147. The summed E-state index contributed by atoms with van der Waals surface area (Å²) in [6.07, 6.45) is 2.45. The molecule has 1 aliphatic heterocycles. The molecule has 20 heavy (non-hydrogen) atoms. The first-order valence-electron chi connectivity index (χ1n) is 7.73. The summed E-state index contributed by atoms with van der Waals surface area (Å²) >= 11 is 0. The number of ether oxygens (including phenoxy) is 1. The van der Waals surface area contributed by atoms with Gasteiger partial charge in [0, 0.05) is 12.6 Å². The maximum atomic E-state index is 5.97. The highest BCUT2D eigenvalue weighted by Gasteiger charge is 2.21. The molecule has 0 bridgehead atoms. The third kappa shape index (κ3) is 4.50. The minimum Gasteiger partial charge on any atom is -0.492 e. The van der Waals surface area contributed by atoms with E-state index in [-0.39, 0.29) is 0 Å². The summed E-state index contributed by atoms with van der Waals surface area (Å²) in [6, 6.07) is 6.72. The second kappa shape index (κ2) is 7.09. The molecule has 1 aliphatic rings. The molecule has 1 saturated heterocycles. The summed E-state index contributed by atoms with van der Waals surface area (Å²) < 4.78 is 5.88. The van der Waals surface area contributed by atoms with Gasteiger partial charge in [-0.3, -0.25) is 4.90 Å². The Kier molecular flexibility index (Phi) is 5.44. The lowest BCUT2D eigenvalue weighted by Gasteiger charge is -2.33. The normalized spacial score (nSPS) is 19.0. The molecule has 0 aromatic heterocycles. The highest BCUT2D eigenvalue weighted by molar-refractivity contribution is 5.32. The van der Waals surface area contributed by atoms with Crippen LogP contribution < -0.4 is 10.5 Å². The summed E-state index contributed by atoms with van der Waals surface area (Å²) in [7, 11) is 0. The zero-order valence-electron chi connectivity index (χ0n) is 13.1. The van der Waals surface area contributed by atoms with Crippen LogP contribution in [0.4, 0.5) is 0 Å². The summed E-state index contributed by atoms with van der Waals surface area (Å²) in [4.78, 5) is 2.49. The number of nitrogens with two attached hydrogens (primary N) is 1. The van der Waals surface area contributed by atoms with E-state index in [2.05, 4.69) is 43.9 Å². The monoisotopic (exact) mass is 276 g/mol. The molecule has 1 atom stereocenters. The third-order valence-electron chi connectivity index (χ3n) is 4.25. The Morgan fingerprint density at radius 2 is 1.80 bits per heavy atom. The van der Waals surface area contributed by atoms with Crippen molar-refractivity contribution in [3.63, 3.8) is 0 Å². The van der Waals surface area contributed by atoms with Crippen LogP contribution in [0, 0.1) is 19.8 Å². The first kappa shape index (κ1) is 15.3. The van der Waals surface area contributed by atoms with Gasteiger partial charge in [-0.2, -0.15) is 0 Å². The van der Waals surface area contributed by atoms with E-state index >= 15 is 0 Å². The molecule has 0 spiro atoms. The van der Waals surface area contributed by atoms with Crippen molar-refractivity contribution < 1.29 is 4.74 Å². The smallest absolute Gasteiger partial charge is 0.119 e. The Labute approximate surface area is 123 Å². The molecule has 1 heterocycles. The van der Waals surface area contributed by atoms with E-state index in [9.17, 15) is 0 Å². The molecule has 1 aromatic rings. The minimum atomic E-state index is 0.337. The lowest BCUT2D eigenvalue weighted by atomic mass is 9.91. The fraction of sp³-hybridized carbons (Fsp3) is 0.647. The Morgan fingerprint density at radius 1 is 1.20 bits per heavy atom. The second-order valence-electron chi connectivity index (χ2n) is 6.21. The predicted molar refractivity (Wildman–Crippen MR) is 84.2 cm³/mol. The van der Waals surface area contributed by atoms with E-state index in [0.717, 1.165) is 32.0 Å². The maximum absolute atomic E-state index is 5.97. The number of rotatable bonds is 5.